The van der Waals surface area contributed by atoms with Crippen LogP contribution in [0.15, 0.2) is 18.2 Å². The van der Waals surface area contributed by atoms with Crippen molar-refractivity contribution in [3.8, 4) is 5.75 Å². The summed E-state index contributed by atoms with van der Waals surface area (Å²) in [5, 5.41) is 6.63. The Hall–Kier alpha value is -1.26. The maximum absolute atomic E-state index is 12.1. The largest absolute Gasteiger partial charge is 0.491 e. The molecule has 2 unspecified atom stereocenters. The lowest BCUT2D eigenvalue weighted by molar-refractivity contribution is -0.122. The van der Waals surface area contributed by atoms with Gasteiger partial charge < -0.3 is 15.4 Å². The van der Waals surface area contributed by atoms with E-state index in [-0.39, 0.29) is 18.3 Å². The van der Waals surface area contributed by atoms with Gasteiger partial charge in [0, 0.05) is 18.5 Å². The fourth-order valence-electron chi connectivity index (χ4n) is 4.05. The zero-order valence-electron chi connectivity index (χ0n) is 14.6. The van der Waals surface area contributed by atoms with Crippen molar-refractivity contribution < 1.29 is 9.53 Å². The van der Waals surface area contributed by atoms with Crippen LogP contribution in [0.5, 0.6) is 5.75 Å². The van der Waals surface area contributed by atoms with E-state index < -0.39 is 0 Å². The van der Waals surface area contributed by atoms with Crippen LogP contribution in [0.4, 0.5) is 0 Å². The number of halogens is 1. The van der Waals surface area contributed by atoms with E-state index in [4.69, 9.17) is 4.74 Å². The number of hydrogen-bond donors (Lipinski definition) is 2. The predicted molar refractivity (Wildman–Crippen MR) is 99.0 cm³/mol. The Morgan fingerprint density at radius 2 is 1.83 bits per heavy atom. The van der Waals surface area contributed by atoms with E-state index >= 15 is 0 Å². The minimum atomic E-state index is 0. The van der Waals surface area contributed by atoms with Crippen molar-refractivity contribution in [3.05, 3.63) is 29.3 Å². The molecule has 2 atom stereocenters. The highest BCUT2D eigenvalue weighted by Crippen LogP contribution is 2.32. The summed E-state index contributed by atoms with van der Waals surface area (Å²) in [6.45, 7) is 5.19. The molecule has 0 spiro atoms. The Balaban J connectivity index is 0.00000208. The summed E-state index contributed by atoms with van der Waals surface area (Å²) < 4.78 is 5.83. The van der Waals surface area contributed by atoms with E-state index in [1.165, 1.54) is 12.8 Å². The van der Waals surface area contributed by atoms with E-state index in [1.807, 2.05) is 32.0 Å². The Morgan fingerprint density at radius 3 is 2.46 bits per heavy atom. The molecule has 0 saturated carbocycles. The fraction of sp³-hybridized carbons (Fsp3) is 0.632. The summed E-state index contributed by atoms with van der Waals surface area (Å²) >= 11 is 0. The van der Waals surface area contributed by atoms with Gasteiger partial charge >= 0.3 is 0 Å². The van der Waals surface area contributed by atoms with Crippen LogP contribution >= 0.6 is 12.4 Å². The lowest BCUT2D eigenvalue weighted by Crippen LogP contribution is -2.40. The number of piperidine rings is 1. The number of rotatable bonds is 6. The first-order valence-corrected chi connectivity index (χ1v) is 8.83. The monoisotopic (exact) mass is 352 g/mol. The van der Waals surface area contributed by atoms with Crippen molar-refractivity contribution in [1.82, 2.24) is 10.6 Å². The van der Waals surface area contributed by atoms with Gasteiger partial charge in [0.2, 0.25) is 5.91 Å². The van der Waals surface area contributed by atoms with E-state index in [9.17, 15) is 4.79 Å². The topological polar surface area (TPSA) is 50.4 Å². The SMILES string of the molecule is Cc1cccc(C)c1OCCNC(=O)CC1CC2CCC(C1)N2.Cl. The van der Waals surface area contributed by atoms with Crippen molar-refractivity contribution in [2.45, 2.75) is 58.0 Å². The number of aryl methyl sites for hydroxylation is 2. The molecule has 0 aromatic heterocycles. The quantitative estimate of drug-likeness (QED) is 0.773. The van der Waals surface area contributed by atoms with Gasteiger partial charge in [0.25, 0.3) is 0 Å². The highest BCUT2D eigenvalue weighted by molar-refractivity contribution is 5.85. The molecule has 24 heavy (non-hydrogen) atoms. The number of carbonyl (C=O) groups is 1. The van der Waals surface area contributed by atoms with Gasteiger partial charge in [-0.3, -0.25) is 4.79 Å². The van der Waals surface area contributed by atoms with Gasteiger partial charge in [-0.1, -0.05) is 18.2 Å². The van der Waals surface area contributed by atoms with Crippen LogP contribution in [0.25, 0.3) is 0 Å². The summed E-state index contributed by atoms with van der Waals surface area (Å²) in [5.74, 6) is 1.66. The first-order chi connectivity index (χ1) is 11.1. The Bertz CT molecular complexity index is 532. The summed E-state index contributed by atoms with van der Waals surface area (Å²) in [4.78, 5) is 12.1. The molecule has 1 amide bonds. The second-order valence-electron chi connectivity index (χ2n) is 7.10. The number of amides is 1. The third-order valence-corrected chi connectivity index (χ3v) is 5.12. The lowest BCUT2D eigenvalue weighted by atomic mass is 9.89. The minimum absolute atomic E-state index is 0. The fourth-order valence-corrected chi connectivity index (χ4v) is 4.05. The third kappa shape index (κ3) is 4.87. The molecule has 0 aliphatic carbocycles. The number of para-hydroxylation sites is 1. The van der Waals surface area contributed by atoms with Crippen LogP contribution in [0.2, 0.25) is 0 Å². The number of hydrogen-bond acceptors (Lipinski definition) is 3. The lowest BCUT2D eigenvalue weighted by Gasteiger charge is -2.28. The molecule has 2 fully saturated rings. The van der Waals surface area contributed by atoms with E-state index in [2.05, 4.69) is 10.6 Å². The number of ether oxygens (including phenoxy) is 1. The first kappa shape index (κ1) is 19.1. The third-order valence-electron chi connectivity index (χ3n) is 5.12. The van der Waals surface area contributed by atoms with Crippen LogP contribution in [-0.4, -0.2) is 31.1 Å². The number of fused-ring (bicyclic) bond motifs is 2. The molecule has 3 rings (SSSR count). The maximum atomic E-state index is 12.1. The van der Waals surface area contributed by atoms with Crippen molar-refractivity contribution in [2.75, 3.05) is 13.2 Å². The summed E-state index contributed by atoms with van der Waals surface area (Å²) in [6.07, 6.45) is 5.54. The Labute approximate surface area is 151 Å². The van der Waals surface area contributed by atoms with E-state index in [0.717, 1.165) is 29.7 Å². The molecule has 2 N–H and O–H groups in total. The van der Waals surface area contributed by atoms with E-state index in [1.54, 1.807) is 0 Å². The van der Waals surface area contributed by atoms with E-state index in [0.29, 0.717) is 37.6 Å². The summed E-state index contributed by atoms with van der Waals surface area (Å²) in [6, 6.07) is 7.43. The van der Waals surface area contributed by atoms with Crippen molar-refractivity contribution in [3.63, 3.8) is 0 Å². The zero-order valence-corrected chi connectivity index (χ0v) is 15.5. The smallest absolute Gasteiger partial charge is 0.220 e. The van der Waals surface area contributed by atoms with Gasteiger partial charge in [-0.2, -0.15) is 0 Å². The highest BCUT2D eigenvalue weighted by Gasteiger charge is 2.34. The van der Waals surface area contributed by atoms with Crippen LogP contribution in [0.1, 0.15) is 43.2 Å². The molecule has 134 valence electrons. The molecule has 2 saturated heterocycles. The first-order valence-electron chi connectivity index (χ1n) is 8.83. The molecule has 1 aromatic rings. The maximum Gasteiger partial charge on any atom is 0.220 e. The molecule has 2 aliphatic heterocycles. The molecule has 2 heterocycles. The molecule has 1 aromatic carbocycles. The van der Waals surface area contributed by atoms with Gasteiger partial charge in [-0.15, -0.1) is 12.4 Å². The highest BCUT2D eigenvalue weighted by atomic mass is 35.5. The minimum Gasteiger partial charge on any atom is -0.491 e. The number of nitrogens with one attached hydrogen (secondary N) is 2. The molecule has 2 bridgehead atoms. The van der Waals surface area contributed by atoms with Crippen molar-refractivity contribution >= 4 is 18.3 Å². The summed E-state index contributed by atoms with van der Waals surface area (Å²) in [7, 11) is 0. The number of carbonyl (C=O) groups excluding carboxylic acids is 1. The Kier molecular flexibility index (Phi) is 6.93. The molecule has 5 heteroatoms. The van der Waals surface area contributed by atoms with Crippen molar-refractivity contribution in [2.24, 2.45) is 5.92 Å². The molecule has 2 aliphatic rings. The normalized spacial score (nSPS) is 25.0. The van der Waals surface area contributed by atoms with Crippen LogP contribution in [0.3, 0.4) is 0 Å². The summed E-state index contributed by atoms with van der Waals surface area (Å²) in [5.41, 5.74) is 2.28. The molecule has 0 radical (unpaired) electrons. The van der Waals surface area contributed by atoms with Gasteiger partial charge in [0.15, 0.2) is 0 Å². The van der Waals surface area contributed by atoms with Crippen molar-refractivity contribution in [1.29, 1.82) is 0 Å². The second-order valence-corrected chi connectivity index (χ2v) is 7.10. The van der Waals surface area contributed by atoms with Gasteiger partial charge in [-0.25, -0.2) is 0 Å². The van der Waals surface area contributed by atoms with Gasteiger partial charge in [0.05, 0.1) is 6.54 Å². The predicted octanol–water partition coefficient (Wildman–Crippen LogP) is 3.14. The van der Waals surface area contributed by atoms with Crippen LogP contribution < -0.4 is 15.4 Å². The van der Waals surface area contributed by atoms with Gasteiger partial charge in [-0.05, 0) is 56.6 Å². The van der Waals surface area contributed by atoms with Crippen LogP contribution in [0, 0.1) is 19.8 Å². The van der Waals surface area contributed by atoms with Gasteiger partial charge in [0.1, 0.15) is 12.4 Å². The average Bonchev–Trinajstić information content (AvgIpc) is 2.85. The average molecular weight is 353 g/mol. The molecule has 4 nitrogen and oxygen atoms in total. The standard InChI is InChI=1S/C19H28N2O2.ClH/c1-13-4-3-5-14(2)19(13)23-9-8-20-18(22)12-15-10-16-6-7-17(11-15)21-16;/h3-5,15-17,21H,6-12H2,1-2H3,(H,20,22);1H. The molecular weight excluding hydrogens is 324 g/mol. The second kappa shape index (κ2) is 8.72. The van der Waals surface area contributed by atoms with Crippen LogP contribution in [-0.2, 0) is 4.79 Å². The molecular formula is C19H29ClN2O2. The number of benzene rings is 1. The Morgan fingerprint density at radius 1 is 1.21 bits per heavy atom. The zero-order chi connectivity index (χ0) is 16.2.